The van der Waals surface area contributed by atoms with Gasteiger partial charge in [-0.15, -0.1) is 0 Å². The van der Waals surface area contributed by atoms with Crippen molar-refractivity contribution >= 4 is 39.1 Å². The van der Waals surface area contributed by atoms with Gasteiger partial charge in [0.2, 0.25) is 11.8 Å². The molecule has 0 bridgehead atoms. The molecule has 1 N–H and O–H groups in total. The Kier molecular flexibility index (Phi) is 9.88. The van der Waals surface area contributed by atoms with Crippen molar-refractivity contribution in [2.75, 3.05) is 17.4 Å². The maximum absolute atomic E-state index is 13.8. The minimum absolute atomic E-state index is 0.0149. The van der Waals surface area contributed by atoms with Crippen LogP contribution in [0.3, 0.4) is 0 Å². The van der Waals surface area contributed by atoms with Crippen LogP contribution < -0.4 is 9.62 Å². The van der Waals surface area contributed by atoms with Crippen LogP contribution in [0.5, 0.6) is 0 Å². The third kappa shape index (κ3) is 7.55. The molecule has 7 nitrogen and oxygen atoms in total. The Balaban J connectivity index is 1.97. The minimum Gasteiger partial charge on any atom is -0.354 e. The fourth-order valence-electron chi connectivity index (χ4n) is 3.68. The predicted octanol–water partition coefficient (Wildman–Crippen LogP) is 4.86. The van der Waals surface area contributed by atoms with E-state index in [-0.39, 0.29) is 29.0 Å². The first-order chi connectivity index (χ1) is 18.0. The Morgan fingerprint density at radius 2 is 1.53 bits per heavy atom. The molecular formula is C28H31ClFN3O4S. The Hall–Kier alpha value is -3.43. The van der Waals surface area contributed by atoms with E-state index < -0.39 is 34.3 Å². The van der Waals surface area contributed by atoms with E-state index in [9.17, 15) is 22.4 Å². The topological polar surface area (TPSA) is 86.8 Å². The van der Waals surface area contributed by atoms with Gasteiger partial charge in [0.15, 0.2) is 0 Å². The Bertz CT molecular complexity index is 1330. The summed E-state index contributed by atoms with van der Waals surface area (Å²) in [6, 6.07) is 18.6. The second-order valence-electron chi connectivity index (χ2n) is 9.26. The molecule has 0 saturated heterocycles. The molecule has 0 aliphatic heterocycles. The molecule has 202 valence electrons. The molecule has 0 aliphatic rings. The van der Waals surface area contributed by atoms with E-state index >= 15 is 0 Å². The second kappa shape index (κ2) is 12.9. The number of para-hydroxylation sites is 1. The van der Waals surface area contributed by atoms with Gasteiger partial charge in [0.25, 0.3) is 10.0 Å². The second-order valence-corrected chi connectivity index (χ2v) is 11.6. The number of carbonyl (C=O) groups excluding carboxylic acids is 2. The van der Waals surface area contributed by atoms with Gasteiger partial charge in [-0.25, -0.2) is 12.8 Å². The standard InChI is InChI=1S/C28H31ClFN3O4S/c1-20(2)17-31-28(35)21(3)32(18-22-9-13-24(30)14-10-22)27(34)19-33(25-7-5-4-6-8-25)38(36,37)26-15-11-23(29)12-16-26/h4-16,20-21H,17-19H2,1-3H3,(H,31,35)/t21-/m1/s1. The normalized spacial score (nSPS) is 12.2. The summed E-state index contributed by atoms with van der Waals surface area (Å²) in [5, 5.41) is 3.19. The van der Waals surface area contributed by atoms with Gasteiger partial charge in [-0.1, -0.05) is 55.8 Å². The highest BCUT2D eigenvalue weighted by Gasteiger charge is 2.32. The zero-order valence-corrected chi connectivity index (χ0v) is 23.0. The quantitative estimate of drug-likeness (QED) is 0.363. The molecule has 0 aliphatic carbocycles. The number of carbonyl (C=O) groups is 2. The van der Waals surface area contributed by atoms with Crippen LogP contribution in [0.2, 0.25) is 5.02 Å². The van der Waals surface area contributed by atoms with Crippen LogP contribution in [0, 0.1) is 11.7 Å². The largest absolute Gasteiger partial charge is 0.354 e. The van der Waals surface area contributed by atoms with Crippen molar-refractivity contribution in [3.63, 3.8) is 0 Å². The number of halogens is 2. The van der Waals surface area contributed by atoms with Crippen LogP contribution in [0.1, 0.15) is 26.3 Å². The number of nitrogens with zero attached hydrogens (tertiary/aromatic N) is 2. The molecule has 0 radical (unpaired) electrons. The lowest BCUT2D eigenvalue weighted by atomic mass is 10.1. The van der Waals surface area contributed by atoms with E-state index in [1.807, 2.05) is 13.8 Å². The van der Waals surface area contributed by atoms with Crippen LogP contribution >= 0.6 is 11.6 Å². The molecular weight excluding hydrogens is 529 g/mol. The number of benzene rings is 3. The third-order valence-corrected chi connectivity index (χ3v) is 7.88. The van der Waals surface area contributed by atoms with Crippen molar-refractivity contribution in [2.45, 2.75) is 38.3 Å². The summed E-state index contributed by atoms with van der Waals surface area (Å²) in [6.07, 6.45) is 0. The fourth-order valence-corrected chi connectivity index (χ4v) is 5.22. The van der Waals surface area contributed by atoms with Crippen LogP contribution in [0.4, 0.5) is 10.1 Å². The molecule has 0 saturated carbocycles. The van der Waals surface area contributed by atoms with Crippen molar-refractivity contribution in [3.05, 3.63) is 95.3 Å². The van der Waals surface area contributed by atoms with Gasteiger partial charge >= 0.3 is 0 Å². The number of hydrogen-bond donors (Lipinski definition) is 1. The zero-order chi connectivity index (χ0) is 27.9. The van der Waals surface area contributed by atoms with Gasteiger partial charge in [-0.05, 0) is 66.9 Å². The fraction of sp³-hybridized carbons (Fsp3) is 0.286. The average Bonchev–Trinajstić information content (AvgIpc) is 2.90. The van der Waals surface area contributed by atoms with E-state index in [2.05, 4.69) is 5.32 Å². The van der Waals surface area contributed by atoms with E-state index in [0.717, 1.165) is 4.31 Å². The Labute approximate surface area is 228 Å². The summed E-state index contributed by atoms with van der Waals surface area (Å²) >= 11 is 5.95. The summed E-state index contributed by atoms with van der Waals surface area (Å²) in [6.45, 7) is 5.33. The smallest absolute Gasteiger partial charge is 0.264 e. The molecule has 3 rings (SSSR count). The predicted molar refractivity (Wildman–Crippen MR) is 147 cm³/mol. The lowest BCUT2D eigenvalue weighted by Gasteiger charge is -2.32. The number of amides is 2. The summed E-state index contributed by atoms with van der Waals surface area (Å²) < 4.78 is 41.8. The molecule has 10 heteroatoms. The zero-order valence-electron chi connectivity index (χ0n) is 21.5. The summed E-state index contributed by atoms with van der Waals surface area (Å²) in [5.74, 6) is -1.20. The van der Waals surface area contributed by atoms with Crippen molar-refractivity contribution in [2.24, 2.45) is 5.92 Å². The molecule has 3 aromatic carbocycles. The SMILES string of the molecule is CC(C)CNC(=O)[C@@H](C)N(Cc1ccc(F)cc1)C(=O)CN(c1ccccc1)S(=O)(=O)c1ccc(Cl)cc1. The van der Waals surface area contributed by atoms with Crippen molar-refractivity contribution in [1.82, 2.24) is 10.2 Å². The van der Waals surface area contributed by atoms with Crippen molar-refractivity contribution in [3.8, 4) is 0 Å². The number of rotatable bonds is 11. The summed E-state index contributed by atoms with van der Waals surface area (Å²) in [7, 11) is -4.17. The third-order valence-electron chi connectivity index (χ3n) is 5.84. The van der Waals surface area contributed by atoms with Crippen molar-refractivity contribution in [1.29, 1.82) is 0 Å². The molecule has 0 spiro atoms. The van der Waals surface area contributed by atoms with E-state index in [0.29, 0.717) is 17.1 Å². The first-order valence-corrected chi connectivity index (χ1v) is 14.0. The number of nitrogens with one attached hydrogen (secondary N) is 1. The lowest BCUT2D eigenvalue weighted by Crippen LogP contribution is -2.51. The minimum atomic E-state index is -4.17. The Morgan fingerprint density at radius 3 is 2.11 bits per heavy atom. The first kappa shape index (κ1) is 29.1. The van der Waals surface area contributed by atoms with Gasteiger partial charge in [0, 0.05) is 18.1 Å². The highest BCUT2D eigenvalue weighted by molar-refractivity contribution is 7.92. The van der Waals surface area contributed by atoms with E-state index in [1.165, 1.54) is 53.4 Å². The molecule has 38 heavy (non-hydrogen) atoms. The van der Waals surface area contributed by atoms with Crippen LogP contribution in [0.15, 0.2) is 83.8 Å². The van der Waals surface area contributed by atoms with Crippen LogP contribution in [-0.2, 0) is 26.2 Å². The lowest BCUT2D eigenvalue weighted by molar-refractivity contribution is -0.139. The van der Waals surface area contributed by atoms with Gasteiger partial charge in [0.1, 0.15) is 18.4 Å². The molecule has 1 atom stereocenters. The van der Waals surface area contributed by atoms with Crippen molar-refractivity contribution < 1.29 is 22.4 Å². The number of anilines is 1. The summed E-state index contributed by atoms with van der Waals surface area (Å²) in [4.78, 5) is 28.0. The highest BCUT2D eigenvalue weighted by atomic mass is 35.5. The molecule has 0 fully saturated rings. The van der Waals surface area contributed by atoms with Gasteiger partial charge in [-0.3, -0.25) is 13.9 Å². The molecule has 0 unspecified atom stereocenters. The van der Waals surface area contributed by atoms with Crippen LogP contribution in [0.25, 0.3) is 0 Å². The Morgan fingerprint density at radius 1 is 0.921 bits per heavy atom. The van der Waals surface area contributed by atoms with E-state index in [1.54, 1.807) is 37.3 Å². The number of hydrogen-bond acceptors (Lipinski definition) is 4. The van der Waals surface area contributed by atoms with Gasteiger partial charge in [-0.2, -0.15) is 0 Å². The summed E-state index contributed by atoms with van der Waals surface area (Å²) in [5.41, 5.74) is 0.879. The number of sulfonamides is 1. The molecule has 0 aromatic heterocycles. The van der Waals surface area contributed by atoms with E-state index in [4.69, 9.17) is 11.6 Å². The van der Waals surface area contributed by atoms with Crippen LogP contribution in [-0.4, -0.2) is 44.3 Å². The molecule has 2 amide bonds. The molecule has 3 aromatic rings. The highest BCUT2D eigenvalue weighted by Crippen LogP contribution is 2.25. The van der Waals surface area contributed by atoms with Gasteiger partial charge < -0.3 is 10.2 Å². The monoisotopic (exact) mass is 559 g/mol. The molecule has 0 heterocycles. The van der Waals surface area contributed by atoms with Gasteiger partial charge in [0.05, 0.1) is 10.6 Å². The maximum atomic E-state index is 13.8. The maximum Gasteiger partial charge on any atom is 0.264 e. The first-order valence-electron chi connectivity index (χ1n) is 12.1. The average molecular weight is 560 g/mol.